The Balaban J connectivity index is 2.08. The summed E-state index contributed by atoms with van der Waals surface area (Å²) in [4.78, 5) is 10.9. The molecular weight excluding hydrogens is 240 g/mol. The molecule has 6 nitrogen and oxygen atoms in total. The van der Waals surface area contributed by atoms with Crippen LogP contribution in [-0.2, 0) is 0 Å². The molecule has 0 amide bonds. The van der Waals surface area contributed by atoms with E-state index in [4.69, 9.17) is 5.73 Å². The standard InChI is InChI=1S/C13H20N6/c1-9-7-12(19-13(17-9)15-8-16-19)18-6-4-3-5-11(18)10(2)14/h7-8,10-11H,3-6,14H2,1-2H3. The second-order valence-corrected chi connectivity index (χ2v) is 5.34. The average molecular weight is 260 g/mol. The van der Waals surface area contributed by atoms with Crippen LogP contribution < -0.4 is 10.6 Å². The van der Waals surface area contributed by atoms with Gasteiger partial charge in [0, 0.05) is 30.4 Å². The van der Waals surface area contributed by atoms with E-state index in [9.17, 15) is 0 Å². The molecule has 102 valence electrons. The minimum Gasteiger partial charge on any atom is -0.352 e. The topological polar surface area (TPSA) is 72.3 Å². The van der Waals surface area contributed by atoms with E-state index in [1.54, 1.807) is 6.33 Å². The van der Waals surface area contributed by atoms with Crippen molar-refractivity contribution < 1.29 is 0 Å². The number of anilines is 1. The fourth-order valence-corrected chi connectivity index (χ4v) is 2.90. The molecule has 2 aromatic rings. The van der Waals surface area contributed by atoms with Gasteiger partial charge in [-0.1, -0.05) is 0 Å². The largest absolute Gasteiger partial charge is 0.352 e. The third-order valence-electron chi connectivity index (χ3n) is 3.81. The lowest BCUT2D eigenvalue weighted by Crippen LogP contribution is -2.50. The van der Waals surface area contributed by atoms with Crippen molar-refractivity contribution in [3.8, 4) is 0 Å². The van der Waals surface area contributed by atoms with Crippen molar-refractivity contribution >= 4 is 11.6 Å². The van der Waals surface area contributed by atoms with E-state index in [2.05, 4.69) is 33.0 Å². The minimum atomic E-state index is 0.146. The molecule has 0 bridgehead atoms. The highest BCUT2D eigenvalue weighted by molar-refractivity contribution is 5.48. The molecule has 19 heavy (non-hydrogen) atoms. The second kappa shape index (κ2) is 4.77. The van der Waals surface area contributed by atoms with Gasteiger partial charge in [0.1, 0.15) is 12.1 Å². The minimum absolute atomic E-state index is 0.146. The zero-order valence-corrected chi connectivity index (χ0v) is 11.5. The van der Waals surface area contributed by atoms with Gasteiger partial charge in [-0.3, -0.25) is 0 Å². The summed E-state index contributed by atoms with van der Waals surface area (Å²) in [6, 6.07) is 2.58. The molecular formula is C13H20N6. The number of nitrogens with two attached hydrogens (primary N) is 1. The van der Waals surface area contributed by atoms with E-state index in [1.165, 1.54) is 12.8 Å². The highest BCUT2D eigenvalue weighted by atomic mass is 15.4. The van der Waals surface area contributed by atoms with Crippen LogP contribution in [0.15, 0.2) is 12.4 Å². The van der Waals surface area contributed by atoms with Crippen LogP contribution in [-0.4, -0.2) is 38.2 Å². The number of fused-ring (bicyclic) bond motifs is 1. The lowest BCUT2D eigenvalue weighted by Gasteiger charge is -2.39. The van der Waals surface area contributed by atoms with Crippen molar-refractivity contribution in [3.63, 3.8) is 0 Å². The number of piperidine rings is 1. The van der Waals surface area contributed by atoms with Crippen molar-refractivity contribution in [1.82, 2.24) is 19.6 Å². The first-order valence-electron chi connectivity index (χ1n) is 6.86. The fourth-order valence-electron chi connectivity index (χ4n) is 2.90. The smallest absolute Gasteiger partial charge is 0.254 e. The van der Waals surface area contributed by atoms with Crippen molar-refractivity contribution in [1.29, 1.82) is 0 Å². The lowest BCUT2D eigenvalue weighted by molar-refractivity contribution is 0.408. The molecule has 0 aliphatic carbocycles. The first kappa shape index (κ1) is 12.3. The molecule has 2 N–H and O–H groups in total. The Labute approximate surface area is 112 Å². The number of rotatable bonds is 2. The van der Waals surface area contributed by atoms with Gasteiger partial charge in [0.2, 0.25) is 0 Å². The van der Waals surface area contributed by atoms with Crippen LogP contribution in [0.1, 0.15) is 31.9 Å². The first-order valence-corrected chi connectivity index (χ1v) is 6.86. The maximum atomic E-state index is 6.15. The van der Waals surface area contributed by atoms with Crippen molar-refractivity contribution in [2.75, 3.05) is 11.4 Å². The molecule has 2 unspecified atom stereocenters. The molecule has 0 aromatic carbocycles. The number of hydrogen-bond donors (Lipinski definition) is 1. The summed E-state index contributed by atoms with van der Waals surface area (Å²) in [5.74, 6) is 1.71. The molecule has 0 saturated carbocycles. The van der Waals surface area contributed by atoms with E-state index in [-0.39, 0.29) is 6.04 Å². The first-order chi connectivity index (χ1) is 9.16. The number of aryl methyl sites for hydroxylation is 1. The summed E-state index contributed by atoms with van der Waals surface area (Å²) >= 11 is 0. The molecule has 2 atom stereocenters. The Hall–Kier alpha value is -1.69. The van der Waals surface area contributed by atoms with Crippen LogP contribution in [0.25, 0.3) is 5.78 Å². The lowest BCUT2D eigenvalue weighted by atomic mass is 9.97. The van der Waals surface area contributed by atoms with E-state index in [0.29, 0.717) is 11.8 Å². The van der Waals surface area contributed by atoms with Crippen molar-refractivity contribution in [2.45, 2.75) is 45.2 Å². The molecule has 1 aliphatic heterocycles. The maximum Gasteiger partial charge on any atom is 0.254 e. The van der Waals surface area contributed by atoms with Gasteiger partial charge in [-0.2, -0.15) is 14.6 Å². The summed E-state index contributed by atoms with van der Waals surface area (Å²) in [7, 11) is 0. The van der Waals surface area contributed by atoms with Gasteiger partial charge in [-0.25, -0.2) is 4.98 Å². The Morgan fingerprint density at radius 1 is 1.42 bits per heavy atom. The Morgan fingerprint density at radius 2 is 2.26 bits per heavy atom. The van der Waals surface area contributed by atoms with Gasteiger partial charge in [-0.15, -0.1) is 0 Å². The summed E-state index contributed by atoms with van der Waals surface area (Å²) < 4.78 is 1.81. The maximum absolute atomic E-state index is 6.15. The van der Waals surface area contributed by atoms with E-state index < -0.39 is 0 Å². The highest BCUT2D eigenvalue weighted by Gasteiger charge is 2.27. The summed E-state index contributed by atoms with van der Waals surface area (Å²) in [5.41, 5.74) is 7.11. The van der Waals surface area contributed by atoms with Crippen LogP contribution in [0, 0.1) is 6.92 Å². The van der Waals surface area contributed by atoms with E-state index >= 15 is 0 Å². The van der Waals surface area contributed by atoms with Gasteiger partial charge >= 0.3 is 0 Å². The summed E-state index contributed by atoms with van der Waals surface area (Å²) in [6.45, 7) is 5.09. The molecule has 2 aromatic heterocycles. The highest BCUT2D eigenvalue weighted by Crippen LogP contribution is 2.26. The van der Waals surface area contributed by atoms with E-state index in [1.807, 2.05) is 11.4 Å². The normalized spacial score (nSPS) is 21.8. The van der Waals surface area contributed by atoms with Crippen LogP contribution >= 0.6 is 0 Å². The number of aromatic nitrogens is 4. The van der Waals surface area contributed by atoms with Gasteiger partial charge in [-0.05, 0) is 33.1 Å². The van der Waals surface area contributed by atoms with Crippen molar-refractivity contribution in [3.05, 3.63) is 18.1 Å². The summed E-state index contributed by atoms with van der Waals surface area (Å²) in [6.07, 6.45) is 5.12. The quantitative estimate of drug-likeness (QED) is 0.876. The van der Waals surface area contributed by atoms with Crippen molar-refractivity contribution in [2.24, 2.45) is 5.73 Å². The zero-order valence-electron chi connectivity index (χ0n) is 11.5. The summed E-state index contributed by atoms with van der Waals surface area (Å²) in [5, 5.41) is 4.29. The Bertz CT molecular complexity index is 576. The number of hydrogen-bond acceptors (Lipinski definition) is 5. The Morgan fingerprint density at radius 3 is 3.05 bits per heavy atom. The number of nitrogens with zero attached hydrogens (tertiary/aromatic N) is 5. The molecule has 1 saturated heterocycles. The zero-order chi connectivity index (χ0) is 13.4. The van der Waals surface area contributed by atoms with Crippen LogP contribution in [0.2, 0.25) is 0 Å². The monoisotopic (exact) mass is 260 g/mol. The predicted molar refractivity (Wildman–Crippen MR) is 74.2 cm³/mol. The van der Waals surface area contributed by atoms with Gasteiger partial charge < -0.3 is 10.6 Å². The molecule has 0 spiro atoms. The third-order valence-corrected chi connectivity index (χ3v) is 3.81. The van der Waals surface area contributed by atoms with Crippen LogP contribution in [0.4, 0.5) is 5.82 Å². The Kier molecular flexibility index (Phi) is 3.10. The molecule has 3 heterocycles. The third kappa shape index (κ3) is 2.16. The average Bonchev–Trinajstić information content (AvgIpc) is 2.85. The molecule has 1 aliphatic rings. The van der Waals surface area contributed by atoms with Gasteiger partial charge in [0.25, 0.3) is 5.78 Å². The fraction of sp³-hybridized carbons (Fsp3) is 0.615. The molecule has 6 heteroatoms. The molecule has 0 radical (unpaired) electrons. The van der Waals surface area contributed by atoms with Crippen LogP contribution in [0.5, 0.6) is 0 Å². The SMILES string of the molecule is Cc1cc(N2CCCCC2C(C)N)n2ncnc2n1. The molecule has 1 fully saturated rings. The second-order valence-electron chi connectivity index (χ2n) is 5.34. The van der Waals surface area contributed by atoms with Gasteiger partial charge in [0.05, 0.1) is 0 Å². The van der Waals surface area contributed by atoms with Crippen LogP contribution in [0.3, 0.4) is 0 Å². The van der Waals surface area contributed by atoms with E-state index in [0.717, 1.165) is 24.5 Å². The van der Waals surface area contributed by atoms with Gasteiger partial charge in [0.15, 0.2) is 0 Å². The molecule has 3 rings (SSSR count). The predicted octanol–water partition coefficient (Wildman–Crippen LogP) is 1.14.